The van der Waals surface area contributed by atoms with E-state index in [1.165, 1.54) is 6.33 Å². The number of methoxy groups -OCH3 is 1. The molecule has 112 valence electrons. The fourth-order valence-corrected chi connectivity index (χ4v) is 1.83. The predicted molar refractivity (Wildman–Crippen MR) is 86.1 cm³/mol. The molecule has 0 unspecified atom stereocenters. The molecule has 4 N–H and O–H groups in total. The number of nitrogens with zero attached hydrogens (tertiary/aromatic N) is 2. The number of unbranched alkanes of at least 4 members (excludes halogenated alkanes) is 1. The Morgan fingerprint density at radius 3 is 2.52 bits per heavy atom. The molecule has 0 spiro atoms. The molecule has 0 aliphatic carbocycles. The molecule has 0 radical (unpaired) electrons. The molecule has 2 aromatic rings. The van der Waals surface area contributed by atoms with Gasteiger partial charge in [0.25, 0.3) is 0 Å². The average Bonchev–Trinajstić information content (AvgIpc) is 2.52. The molecule has 1 heterocycles. The minimum atomic E-state index is 0.518. The highest BCUT2D eigenvalue weighted by Gasteiger charge is 2.07. The van der Waals surface area contributed by atoms with E-state index in [1.54, 1.807) is 7.11 Å². The average molecular weight is 287 g/mol. The van der Waals surface area contributed by atoms with Crippen LogP contribution < -0.4 is 21.1 Å². The van der Waals surface area contributed by atoms with Gasteiger partial charge in [-0.15, -0.1) is 0 Å². The summed E-state index contributed by atoms with van der Waals surface area (Å²) in [5.74, 6) is 2.06. The van der Waals surface area contributed by atoms with E-state index in [0.717, 1.165) is 30.8 Å². The van der Waals surface area contributed by atoms with Gasteiger partial charge in [-0.25, -0.2) is 9.97 Å². The van der Waals surface area contributed by atoms with Crippen LogP contribution in [0.3, 0.4) is 0 Å². The van der Waals surface area contributed by atoms with Gasteiger partial charge < -0.3 is 21.1 Å². The van der Waals surface area contributed by atoms with Gasteiger partial charge >= 0.3 is 0 Å². The SMILES string of the molecule is CCCCNc1ncnc(Nc2ccc(OC)cc2)c1N. The molecular formula is C15H21N5O. The van der Waals surface area contributed by atoms with E-state index in [0.29, 0.717) is 17.3 Å². The Bertz CT molecular complexity index is 571. The zero-order chi connectivity index (χ0) is 15.1. The zero-order valence-electron chi connectivity index (χ0n) is 12.4. The smallest absolute Gasteiger partial charge is 0.159 e. The highest BCUT2D eigenvalue weighted by atomic mass is 16.5. The van der Waals surface area contributed by atoms with E-state index < -0.39 is 0 Å². The Balaban J connectivity index is 2.10. The lowest BCUT2D eigenvalue weighted by Gasteiger charge is -2.12. The summed E-state index contributed by atoms with van der Waals surface area (Å²) in [6.07, 6.45) is 3.69. The highest BCUT2D eigenvalue weighted by Crippen LogP contribution is 2.26. The van der Waals surface area contributed by atoms with Gasteiger partial charge in [0.15, 0.2) is 11.6 Å². The molecule has 0 aliphatic rings. The van der Waals surface area contributed by atoms with Crippen LogP contribution in [0, 0.1) is 0 Å². The third-order valence-electron chi connectivity index (χ3n) is 3.06. The van der Waals surface area contributed by atoms with Crippen molar-refractivity contribution in [3.8, 4) is 5.75 Å². The number of anilines is 4. The van der Waals surface area contributed by atoms with Crippen LogP contribution >= 0.6 is 0 Å². The summed E-state index contributed by atoms with van der Waals surface area (Å²) in [4.78, 5) is 8.36. The van der Waals surface area contributed by atoms with E-state index >= 15 is 0 Å². The number of hydrogen-bond acceptors (Lipinski definition) is 6. The first-order valence-electron chi connectivity index (χ1n) is 7.00. The Morgan fingerprint density at radius 1 is 1.14 bits per heavy atom. The van der Waals surface area contributed by atoms with Gasteiger partial charge in [-0.1, -0.05) is 13.3 Å². The number of nitrogen functional groups attached to an aromatic ring is 1. The molecule has 6 nitrogen and oxygen atoms in total. The molecule has 1 aromatic heterocycles. The molecule has 0 bridgehead atoms. The van der Waals surface area contributed by atoms with Gasteiger partial charge in [0, 0.05) is 12.2 Å². The first kappa shape index (κ1) is 14.9. The minimum Gasteiger partial charge on any atom is -0.497 e. The van der Waals surface area contributed by atoms with Crippen molar-refractivity contribution >= 4 is 23.0 Å². The maximum atomic E-state index is 6.09. The van der Waals surface area contributed by atoms with Gasteiger partial charge in [0.2, 0.25) is 0 Å². The standard InChI is InChI=1S/C15H21N5O/c1-3-4-9-17-14-13(16)15(19-10-18-14)20-11-5-7-12(21-2)8-6-11/h5-8,10H,3-4,9,16H2,1-2H3,(H2,17,18,19,20). The van der Waals surface area contributed by atoms with E-state index in [2.05, 4.69) is 27.5 Å². The maximum absolute atomic E-state index is 6.09. The molecule has 1 aromatic carbocycles. The van der Waals surface area contributed by atoms with E-state index in [4.69, 9.17) is 10.5 Å². The summed E-state index contributed by atoms with van der Waals surface area (Å²) < 4.78 is 5.13. The summed E-state index contributed by atoms with van der Waals surface area (Å²) in [5.41, 5.74) is 7.50. The number of aromatic nitrogens is 2. The van der Waals surface area contributed by atoms with Crippen molar-refractivity contribution in [1.29, 1.82) is 0 Å². The zero-order valence-corrected chi connectivity index (χ0v) is 12.4. The van der Waals surface area contributed by atoms with Crippen molar-refractivity contribution in [3.63, 3.8) is 0 Å². The van der Waals surface area contributed by atoms with Crippen LogP contribution in [0.15, 0.2) is 30.6 Å². The van der Waals surface area contributed by atoms with Crippen LogP contribution in [0.2, 0.25) is 0 Å². The van der Waals surface area contributed by atoms with Gasteiger partial charge in [0.1, 0.15) is 17.8 Å². The Kier molecular flexibility index (Phi) is 5.20. The van der Waals surface area contributed by atoms with Crippen LogP contribution in [-0.2, 0) is 0 Å². The topological polar surface area (TPSA) is 85.1 Å². The Labute approximate surface area is 124 Å². The molecule has 0 amide bonds. The minimum absolute atomic E-state index is 0.518. The fraction of sp³-hybridized carbons (Fsp3) is 0.333. The third kappa shape index (κ3) is 3.98. The van der Waals surface area contributed by atoms with Gasteiger partial charge in [0.05, 0.1) is 7.11 Å². The Hall–Kier alpha value is -2.50. The molecule has 0 fully saturated rings. The highest BCUT2D eigenvalue weighted by molar-refractivity contribution is 5.77. The van der Waals surface area contributed by atoms with Crippen LogP contribution in [0.4, 0.5) is 23.0 Å². The summed E-state index contributed by atoms with van der Waals surface area (Å²) in [5, 5.41) is 6.40. The van der Waals surface area contributed by atoms with Crippen LogP contribution in [0.25, 0.3) is 0 Å². The second-order valence-corrected chi connectivity index (χ2v) is 4.62. The number of rotatable bonds is 7. The van der Waals surface area contributed by atoms with E-state index in [9.17, 15) is 0 Å². The quantitative estimate of drug-likeness (QED) is 0.679. The van der Waals surface area contributed by atoms with Crippen molar-refractivity contribution < 1.29 is 4.74 Å². The molecule has 21 heavy (non-hydrogen) atoms. The summed E-state index contributed by atoms with van der Waals surface area (Å²) in [7, 11) is 1.64. The lowest BCUT2D eigenvalue weighted by Crippen LogP contribution is -2.09. The number of nitrogens with two attached hydrogens (primary N) is 1. The fourth-order valence-electron chi connectivity index (χ4n) is 1.83. The van der Waals surface area contributed by atoms with Crippen molar-refractivity contribution in [2.45, 2.75) is 19.8 Å². The molecule has 0 aliphatic heterocycles. The van der Waals surface area contributed by atoms with Crippen molar-refractivity contribution in [2.75, 3.05) is 30.0 Å². The molecular weight excluding hydrogens is 266 g/mol. The second-order valence-electron chi connectivity index (χ2n) is 4.62. The number of hydrogen-bond donors (Lipinski definition) is 3. The van der Waals surface area contributed by atoms with Gasteiger partial charge in [-0.3, -0.25) is 0 Å². The lowest BCUT2D eigenvalue weighted by molar-refractivity contribution is 0.415. The molecule has 2 rings (SSSR count). The number of nitrogens with one attached hydrogen (secondary N) is 2. The molecule has 0 saturated heterocycles. The normalized spacial score (nSPS) is 10.2. The number of ether oxygens (including phenoxy) is 1. The summed E-state index contributed by atoms with van der Waals surface area (Å²) in [6, 6.07) is 7.56. The van der Waals surface area contributed by atoms with Crippen LogP contribution in [0.1, 0.15) is 19.8 Å². The van der Waals surface area contributed by atoms with Gasteiger partial charge in [-0.05, 0) is 30.7 Å². The Morgan fingerprint density at radius 2 is 1.86 bits per heavy atom. The predicted octanol–water partition coefficient (Wildman–Crippen LogP) is 3.02. The van der Waals surface area contributed by atoms with Crippen LogP contribution in [-0.4, -0.2) is 23.6 Å². The van der Waals surface area contributed by atoms with E-state index in [1.807, 2.05) is 24.3 Å². The molecule has 6 heteroatoms. The van der Waals surface area contributed by atoms with Crippen molar-refractivity contribution in [1.82, 2.24) is 9.97 Å². The lowest BCUT2D eigenvalue weighted by atomic mass is 10.3. The maximum Gasteiger partial charge on any atom is 0.159 e. The monoisotopic (exact) mass is 287 g/mol. The first-order chi connectivity index (χ1) is 10.2. The van der Waals surface area contributed by atoms with Crippen LogP contribution in [0.5, 0.6) is 5.75 Å². The molecule has 0 saturated carbocycles. The van der Waals surface area contributed by atoms with Crippen molar-refractivity contribution in [2.24, 2.45) is 0 Å². The van der Waals surface area contributed by atoms with Gasteiger partial charge in [-0.2, -0.15) is 0 Å². The second kappa shape index (κ2) is 7.33. The molecule has 0 atom stereocenters. The third-order valence-corrected chi connectivity index (χ3v) is 3.06. The first-order valence-corrected chi connectivity index (χ1v) is 7.00. The number of benzene rings is 1. The van der Waals surface area contributed by atoms with E-state index in [-0.39, 0.29) is 0 Å². The summed E-state index contributed by atoms with van der Waals surface area (Å²) >= 11 is 0. The summed E-state index contributed by atoms with van der Waals surface area (Å²) in [6.45, 7) is 2.99. The largest absolute Gasteiger partial charge is 0.497 e. The van der Waals surface area contributed by atoms with Crippen molar-refractivity contribution in [3.05, 3.63) is 30.6 Å².